The largest absolute Gasteiger partial charge is 0.491 e. The lowest BCUT2D eigenvalue weighted by atomic mass is 10.2. The van der Waals surface area contributed by atoms with Gasteiger partial charge in [-0.05, 0) is 25.5 Å². The number of amides is 1. The maximum Gasteiger partial charge on any atom is 0.239 e. The molecule has 0 spiro atoms. The normalized spacial score (nSPS) is 12.0. The summed E-state index contributed by atoms with van der Waals surface area (Å²) in [5.41, 5.74) is 6.60. The maximum atomic E-state index is 11.5. The second-order valence-electron chi connectivity index (χ2n) is 4.16. The van der Waals surface area contributed by atoms with Gasteiger partial charge in [0.1, 0.15) is 12.4 Å². The second kappa shape index (κ2) is 6.25. The van der Waals surface area contributed by atoms with Crippen molar-refractivity contribution in [1.29, 1.82) is 0 Å². The Morgan fingerprint density at radius 3 is 2.71 bits per heavy atom. The highest BCUT2D eigenvalue weighted by Crippen LogP contribution is 2.15. The van der Waals surface area contributed by atoms with Crippen molar-refractivity contribution >= 4 is 5.91 Å². The summed E-state index contributed by atoms with van der Waals surface area (Å²) < 4.78 is 5.60. The van der Waals surface area contributed by atoms with Crippen LogP contribution in [0, 0.1) is 6.92 Å². The van der Waals surface area contributed by atoms with Gasteiger partial charge >= 0.3 is 0 Å². The molecule has 0 aliphatic rings. The Morgan fingerprint density at radius 2 is 2.12 bits per heavy atom. The Hall–Kier alpha value is -1.55. The lowest BCUT2D eigenvalue weighted by Crippen LogP contribution is -2.41. The minimum Gasteiger partial charge on any atom is -0.491 e. The standard InChI is InChI=1S/C13H20N2O2/c1-10-6-4-5-7-12(10)17-9-8-15(3)13(16)11(2)14/h4-7,11H,8-9,14H2,1-3H3/t11-/m0/s1. The zero-order chi connectivity index (χ0) is 12.8. The summed E-state index contributed by atoms with van der Waals surface area (Å²) in [6.07, 6.45) is 0. The maximum absolute atomic E-state index is 11.5. The van der Waals surface area contributed by atoms with Gasteiger partial charge in [0.15, 0.2) is 0 Å². The van der Waals surface area contributed by atoms with Crippen LogP contribution < -0.4 is 10.5 Å². The van der Waals surface area contributed by atoms with Crippen LogP contribution in [0.4, 0.5) is 0 Å². The number of carbonyl (C=O) groups is 1. The van der Waals surface area contributed by atoms with Crippen molar-refractivity contribution in [2.45, 2.75) is 19.9 Å². The number of nitrogens with two attached hydrogens (primary N) is 1. The Bertz CT molecular complexity index is 377. The summed E-state index contributed by atoms with van der Waals surface area (Å²) in [5, 5.41) is 0. The number of likely N-dealkylation sites (N-methyl/N-ethyl adjacent to an activating group) is 1. The van der Waals surface area contributed by atoms with Gasteiger partial charge in [-0.15, -0.1) is 0 Å². The van der Waals surface area contributed by atoms with Crippen molar-refractivity contribution in [3.8, 4) is 5.75 Å². The van der Waals surface area contributed by atoms with Crippen LogP contribution in [0.2, 0.25) is 0 Å². The van der Waals surface area contributed by atoms with Gasteiger partial charge in [0, 0.05) is 7.05 Å². The Kier molecular flexibility index (Phi) is 4.97. The first kappa shape index (κ1) is 13.5. The van der Waals surface area contributed by atoms with Gasteiger partial charge in [0.2, 0.25) is 5.91 Å². The Morgan fingerprint density at radius 1 is 1.47 bits per heavy atom. The number of rotatable bonds is 5. The smallest absolute Gasteiger partial charge is 0.239 e. The summed E-state index contributed by atoms with van der Waals surface area (Å²) in [6.45, 7) is 4.68. The van der Waals surface area contributed by atoms with Crippen LogP contribution in [0.3, 0.4) is 0 Å². The van der Waals surface area contributed by atoms with Crippen molar-refractivity contribution in [1.82, 2.24) is 4.90 Å². The molecule has 1 amide bonds. The van der Waals surface area contributed by atoms with Gasteiger partial charge in [-0.3, -0.25) is 4.79 Å². The van der Waals surface area contributed by atoms with Gasteiger partial charge in [0.25, 0.3) is 0 Å². The Balaban J connectivity index is 2.38. The number of para-hydroxylation sites is 1. The summed E-state index contributed by atoms with van der Waals surface area (Å²) >= 11 is 0. The zero-order valence-corrected chi connectivity index (χ0v) is 10.6. The minimum absolute atomic E-state index is 0.0709. The number of hydrogen-bond donors (Lipinski definition) is 1. The van der Waals surface area contributed by atoms with Crippen LogP contribution in [-0.4, -0.2) is 37.0 Å². The molecule has 4 heteroatoms. The average Bonchev–Trinajstić information content (AvgIpc) is 2.30. The fourth-order valence-corrected chi connectivity index (χ4v) is 1.47. The predicted octanol–water partition coefficient (Wildman–Crippen LogP) is 1.18. The van der Waals surface area contributed by atoms with Gasteiger partial charge < -0.3 is 15.4 Å². The zero-order valence-electron chi connectivity index (χ0n) is 10.6. The fourth-order valence-electron chi connectivity index (χ4n) is 1.47. The first-order valence-electron chi connectivity index (χ1n) is 5.71. The molecule has 0 bridgehead atoms. The van der Waals surface area contributed by atoms with Crippen LogP contribution in [0.25, 0.3) is 0 Å². The van der Waals surface area contributed by atoms with Crippen molar-refractivity contribution in [2.75, 3.05) is 20.2 Å². The lowest BCUT2D eigenvalue weighted by Gasteiger charge is -2.19. The van der Waals surface area contributed by atoms with Gasteiger partial charge in [-0.25, -0.2) is 0 Å². The summed E-state index contributed by atoms with van der Waals surface area (Å²) in [4.78, 5) is 13.1. The molecule has 0 fully saturated rings. The van der Waals surface area contributed by atoms with Gasteiger partial charge in [-0.1, -0.05) is 18.2 Å². The highest BCUT2D eigenvalue weighted by atomic mass is 16.5. The molecular formula is C13H20N2O2. The lowest BCUT2D eigenvalue weighted by molar-refractivity contribution is -0.131. The molecule has 0 unspecified atom stereocenters. The minimum atomic E-state index is -0.460. The van der Waals surface area contributed by atoms with Crippen LogP contribution in [0.5, 0.6) is 5.75 Å². The molecule has 0 aromatic heterocycles. The number of hydrogen-bond acceptors (Lipinski definition) is 3. The SMILES string of the molecule is Cc1ccccc1OCCN(C)C(=O)[C@H](C)N. The third-order valence-corrected chi connectivity index (χ3v) is 2.54. The monoisotopic (exact) mass is 236 g/mol. The molecule has 0 saturated carbocycles. The third kappa shape index (κ3) is 4.07. The number of carbonyl (C=O) groups excluding carboxylic acids is 1. The van der Waals surface area contributed by atoms with Crippen molar-refractivity contribution in [3.63, 3.8) is 0 Å². The third-order valence-electron chi connectivity index (χ3n) is 2.54. The molecule has 94 valence electrons. The molecule has 2 N–H and O–H groups in total. The van der Waals surface area contributed by atoms with Crippen LogP contribution >= 0.6 is 0 Å². The van der Waals surface area contributed by atoms with E-state index in [1.165, 1.54) is 0 Å². The van der Waals surface area contributed by atoms with E-state index in [1.54, 1.807) is 18.9 Å². The van der Waals surface area contributed by atoms with E-state index in [0.717, 1.165) is 11.3 Å². The fraction of sp³-hybridized carbons (Fsp3) is 0.462. The quantitative estimate of drug-likeness (QED) is 0.835. The Labute approximate surface area is 102 Å². The van der Waals surface area contributed by atoms with E-state index in [4.69, 9.17) is 10.5 Å². The molecule has 4 nitrogen and oxygen atoms in total. The number of benzene rings is 1. The van der Waals surface area contributed by atoms with Crippen LogP contribution in [0.15, 0.2) is 24.3 Å². The van der Waals surface area contributed by atoms with Crippen molar-refractivity contribution in [3.05, 3.63) is 29.8 Å². The predicted molar refractivity (Wildman–Crippen MR) is 68.0 cm³/mol. The van der Waals surface area contributed by atoms with Gasteiger partial charge in [0.05, 0.1) is 12.6 Å². The topological polar surface area (TPSA) is 55.6 Å². The van der Waals surface area contributed by atoms with E-state index in [9.17, 15) is 4.79 Å². The van der Waals surface area contributed by atoms with E-state index in [-0.39, 0.29) is 5.91 Å². The van der Waals surface area contributed by atoms with Crippen LogP contribution in [-0.2, 0) is 4.79 Å². The van der Waals surface area contributed by atoms with E-state index in [1.807, 2.05) is 31.2 Å². The van der Waals surface area contributed by atoms with Crippen molar-refractivity contribution in [2.24, 2.45) is 5.73 Å². The number of aryl methyl sites for hydroxylation is 1. The molecule has 0 aliphatic heterocycles. The second-order valence-corrected chi connectivity index (χ2v) is 4.16. The molecule has 0 saturated heterocycles. The number of ether oxygens (including phenoxy) is 1. The molecular weight excluding hydrogens is 216 g/mol. The summed E-state index contributed by atoms with van der Waals surface area (Å²) in [7, 11) is 1.73. The van der Waals surface area contributed by atoms with Gasteiger partial charge in [-0.2, -0.15) is 0 Å². The van der Waals surface area contributed by atoms with E-state index >= 15 is 0 Å². The molecule has 1 atom stereocenters. The molecule has 1 aromatic rings. The molecule has 1 aromatic carbocycles. The van der Waals surface area contributed by atoms with Crippen LogP contribution in [0.1, 0.15) is 12.5 Å². The first-order chi connectivity index (χ1) is 8.02. The summed E-state index contributed by atoms with van der Waals surface area (Å²) in [6, 6.07) is 7.35. The van der Waals surface area contributed by atoms with E-state index in [2.05, 4.69) is 0 Å². The highest BCUT2D eigenvalue weighted by molar-refractivity contribution is 5.80. The summed E-state index contributed by atoms with van der Waals surface area (Å²) in [5.74, 6) is 0.785. The highest BCUT2D eigenvalue weighted by Gasteiger charge is 2.12. The van der Waals surface area contributed by atoms with E-state index < -0.39 is 6.04 Å². The number of nitrogens with zero attached hydrogens (tertiary/aromatic N) is 1. The molecule has 17 heavy (non-hydrogen) atoms. The molecule has 0 aliphatic carbocycles. The average molecular weight is 236 g/mol. The first-order valence-corrected chi connectivity index (χ1v) is 5.71. The molecule has 1 rings (SSSR count). The van der Waals surface area contributed by atoms with Crippen molar-refractivity contribution < 1.29 is 9.53 Å². The van der Waals surface area contributed by atoms with E-state index in [0.29, 0.717) is 13.2 Å². The molecule has 0 heterocycles. The molecule has 0 radical (unpaired) electrons.